The zero-order chi connectivity index (χ0) is 25.1. The van der Waals surface area contributed by atoms with E-state index < -0.39 is 0 Å². The lowest BCUT2D eigenvalue weighted by molar-refractivity contribution is 0.172. The number of rotatable bonds is 6. The van der Waals surface area contributed by atoms with Gasteiger partial charge in [-0.25, -0.2) is 9.31 Å². The highest BCUT2D eigenvalue weighted by Gasteiger charge is 2.24. The predicted molar refractivity (Wildman–Crippen MR) is 147 cm³/mol. The molecule has 0 bridgehead atoms. The van der Waals surface area contributed by atoms with Crippen LogP contribution >= 0.6 is 0 Å². The van der Waals surface area contributed by atoms with Gasteiger partial charge in [0.15, 0.2) is 0 Å². The summed E-state index contributed by atoms with van der Waals surface area (Å²) in [6, 6.07) is 14.2. The van der Waals surface area contributed by atoms with Crippen LogP contribution in [0.25, 0.3) is 16.6 Å². The van der Waals surface area contributed by atoms with E-state index in [0.29, 0.717) is 12.0 Å². The van der Waals surface area contributed by atoms with Gasteiger partial charge >= 0.3 is 6.03 Å². The first-order valence-electron chi connectivity index (χ1n) is 13.6. The second-order valence-corrected chi connectivity index (χ2v) is 10.5. The Morgan fingerprint density at radius 2 is 1.72 bits per heavy atom. The van der Waals surface area contributed by atoms with Gasteiger partial charge in [0, 0.05) is 56.7 Å². The van der Waals surface area contributed by atoms with Gasteiger partial charge in [0.1, 0.15) is 0 Å². The molecule has 0 atom stereocenters. The molecule has 2 aliphatic rings. The van der Waals surface area contributed by atoms with Crippen molar-refractivity contribution < 1.29 is 4.79 Å². The van der Waals surface area contributed by atoms with Crippen molar-refractivity contribution in [2.75, 3.05) is 50.7 Å². The number of benzene rings is 1. The molecule has 36 heavy (non-hydrogen) atoms. The summed E-state index contributed by atoms with van der Waals surface area (Å²) < 4.78 is 1.99. The first-order valence-corrected chi connectivity index (χ1v) is 13.6. The Labute approximate surface area is 215 Å². The van der Waals surface area contributed by atoms with Crippen molar-refractivity contribution in [2.45, 2.75) is 52.0 Å². The number of carbonyl (C=O) groups is 1. The van der Waals surface area contributed by atoms with Crippen LogP contribution in [0.15, 0.2) is 48.8 Å². The van der Waals surface area contributed by atoms with E-state index in [-0.39, 0.29) is 6.03 Å². The minimum atomic E-state index is 0.0512. The van der Waals surface area contributed by atoms with Crippen molar-refractivity contribution in [3.05, 3.63) is 54.4 Å². The van der Waals surface area contributed by atoms with Crippen molar-refractivity contribution in [3.8, 4) is 11.1 Å². The van der Waals surface area contributed by atoms with Crippen molar-refractivity contribution in [3.63, 3.8) is 0 Å². The SMILES string of the molecule is CCCNC(=O)N1CCN(c2ccnn3cc(-c4ccc(C5CCN(C(C)C)CC5)cc4)cc23)CC1. The first kappa shape index (κ1) is 24.6. The van der Waals surface area contributed by atoms with Gasteiger partial charge in [-0.3, -0.25) is 0 Å². The Balaban J connectivity index is 1.27. The van der Waals surface area contributed by atoms with Gasteiger partial charge in [-0.1, -0.05) is 31.2 Å². The number of nitrogens with zero attached hydrogens (tertiary/aromatic N) is 5. The molecule has 2 amide bonds. The number of piperazine rings is 1. The number of nitrogens with one attached hydrogen (secondary N) is 1. The van der Waals surface area contributed by atoms with E-state index in [1.54, 1.807) is 0 Å². The van der Waals surface area contributed by atoms with Gasteiger partial charge in [0.25, 0.3) is 0 Å². The zero-order valence-corrected chi connectivity index (χ0v) is 22.0. The van der Waals surface area contributed by atoms with Crippen LogP contribution in [0.2, 0.25) is 0 Å². The Kier molecular flexibility index (Phi) is 7.46. The number of urea groups is 1. The van der Waals surface area contributed by atoms with Crippen LogP contribution in [0, 0.1) is 0 Å². The fourth-order valence-corrected chi connectivity index (χ4v) is 5.62. The molecule has 2 fully saturated rings. The largest absolute Gasteiger partial charge is 0.366 e. The number of piperidine rings is 1. The number of amides is 2. The quantitative estimate of drug-likeness (QED) is 0.540. The lowest BCUT2D eigenvalue weighted by Gasteiger charge is -2.36. The minimum Gasteiger partial charge on any atom is -0.366 e. The maximum Gasteiger partial charge on any atom is 0.317 e. The third-order valence-electron chi connectivity index (χ3n) is 7.90. The number of fused-ring (bicyclic) bond motifs is 1. The Bertz CT molecular complexity index is 1150. The monoisotopic (exact) mass is 488 g/mol. The molecule has 0 aliphatic carbocycles. The van der Waals surface area contributed by atoms with Gasteiger partial charge in [-0.15, -0.1) is 0 Å². The van der Waals surface area contributed by atoms with Crippen molar-refractivity contribution in [2.24, 2.45) is 0 Å². The van der Waals surface area contributed by atoms with Crippen LogP contribution in [-0.2, 0) is 0 Å². The molecule has 2 aromatic heterocycles. The molecule has 0 radical (unpaired) electrons. The van der Waals surface area contributed by atoms with Gasteiger partial charge < -0.3 is 20.0 Å². The third-order valence-corrected chi connectivity index (χ3v) is 7.90. The van der Waals surface area contributed by atoms with E-state index in [1.807, 2.05) is 15.6 Å². The zero-order valence-electron chi connectivity index (χ0n) is 22.0. The number of anilines is 1. The lowest BCUT2D eigenvalue weighted by Crippen LogP contribution is -2.52. The molecule has 5 rings (SSSR count). The molecular weight excluding hydrogens is 448 g/mol. The van der Waals surface area contributed by atoms with Crippen molar-refractivity contribution in [1.29, 1.82) is 0 Å². The first-order chi connectivity index (χ1) is 17.5. The number of carbonyl (C=O) groups excluding carboxylic acids is 1. The second kappa shape index (κ2) is 10.9. The summed E-state index contributed by atoms with van der Waals surface area (Å²) >= 11 is 0. The highest BCUT2D eigenvalue weighted by molar-refractivity contribution is 5.80. The summed E-state index contributed by atoms with van der Waals surface area (Å²) in [7, 11) is 0. The summed E-state index contributed by atoms with van der Waals surface area (Å²) in [5.41, 5.74) is 6.17. The summed E-state index contributed by atoms with van der Waals surface area (Å²) in [5, 5.41) is 7.57. The molecule has 192 valence electrons. The van der Waals surface area contributed by atoms with E-state index >= 15 is 0 Å². The molecule has 7 nitrogen and oxygen atoms in total. The highest BCUT2D eigenvalue weighted by atomic mass is 16.2. The molecular formula is C29H40N6O. The molecule has 1 N–H and O–H groups in total. The van der Waals surface area contributed by atoms with Crippen LogP contribution in [0.5, 0.6) is 0 Å². The fourth-order valence-electron chi connectivity index (χ4n) is 5.62. The summed E-state index contributed by atoms with van der Waals surface area (Å²) in [4.78, 5) is 19.2. The van der Waals surface area contributed by atoms with E-state index in [4.69, 9.17) is 0 Å². The Morgan fingerprint density at radius 1 is 1.00 bits per heavy atom. The topological polar surface area (TPSA) is 56.1 Å². The smallest absolute Gasteiger partial charge is 0.317 e. The van der Waals surface area contributed by atoms with E-state index in [2.05, 4.69) is 83.6 Å². The molecule has 3 aromatic rings. The van der Waals surface area contributed by atoms with Crippen LogP contribution < -0.4 is 10.2 Å². The number of aromatic nitrogens is 2. The van der Waals surface area contributed by atoms with Gasteiger partial charge in [-0.2, -0.15) is 5.10 Å². The molecule has 0 spiro atoms. The molecule has 1 aromatic carbocycles. The number of hydrogen-bond acceptors (Lipinski definition) is 4. The standard InChI is InChI=1S/C29H40N6O/c1-4-12-30-29(36)34-18-16-33(17-19-34)27-9-13-31-35-21-26(20-28(27)35)24-7-5-23(6-8-24)25-10-14-32(15-11-25)22(2)3/h5-9,13,20-22,25H,4,10-12,14-19H2,1-3H3,(H,30,36). The van der Waals surface area contributed by atoms with Gasteiger partial charge in [0.05, 0.1) is 11.2 Å². The summed E-state index contributed by atoms with van der Waals surface area (Å²) in [6.45, 7) is 12.9. The Morgan fingerprint density at radius 3 is 2.39 bits per heavy atom. The molecule has 0 unspecified atom stereocenters. The van der Waals surface area contributed by atoms with Crippen LogP contribution in [-0.4, -0.2) is 77.3 Å². The average Bonchev–Trinajstić information content (AvgIpc) is 3.36. The Hall–Kier alpha value is -3.06. The van der Waals surface area contributed by atoms with Gasteiger partial charge in [-0.05, 0) is 75.4 Å². The number of hydrogen-bond donors (Lipinski definition) is 1. The van der Waals surface area contributed by atoms with Crippen molar-refractivity contribution >= 4 is 17.2 Å². The molecule has 4 heterocycles. The van der Waals surface area contributed by atoms with Crippen LogP contribution in [0.3, 0.4) is 0 Å². The van der Waals surface area contributed by atoms with E-state index in [0.717, 1.165) is 44.7 Å². The maximum absolute atomic E-state index is 12.3. The average molecular weight is 489 g/mol. The fraction of sp³-hybridized carbons (Fsp3) is 0.517. The molecule has 0 saturated carbocycles. The molecule has 2 aliphatic heterocycles. The predicted octanol–water partition coefficient (Wildman–Crippen LogP) is 4.83. The normalized spacial score (nSPS) is 17.8. The van der Waals surface area contributed by atoms with Crippen LogP contribution in [0.1, 0.15) is 51.5 Å². The molecule has 2 saturated heterocycles. The number of likely N-dealkylation sites (tertiary alicyclic amines) is 1. The highest BCUT2D eigenvalue weighted by Crippen LogP contribution is 2.32. The van der Waals surface area contributed by atoms with Crippen LogP contribution in [0.4, 0.5) is 10.5 Å². The van der Waals surface area contributed by atoms with Gasteiger partial charge in [0.2, 0.25) is 0 Å². The maximum atomic E-state index is 12.3. The van der Waals surface area contributed by atoms with E-state index in [1.165, 1.54) is 48.3 Å². The lowest BCUT2D eigenvalue weighted by atomic mass is 9.88. The van der Waals surface area contributed by atoms with Crippen molar-refractivity contribution in [1.82, 2.24) is 24.7 Å². The third kappa shape index (κ3) is 5.21. The second-order valence-electron chi connectivity index (χ2n) is 10.5. The minimum absolute atomic E-state index is 0.0512. The van der Waals surface area contributed by atoms with E-state index in [9.17, 15) is 4.79 Å². The summed E-state index contributed by atoms with van der Waals surface area (Å²) in [6.07, 6.45) is 7.45. The summed E-state index contributed by atoms with van der Waals surface area (Å²) in [5.74, 6) is 0.665. The molecule has 7 heteroatoms.